The Balaban J connectivity index is 1.95. The fourth-order valence-electron chi connectivity index (χ4n) is 2.99. The summed E-state index contributed by atoms with van der Waals surface area (Å²) < 4.78 is 38.0. The molecular formula is C22H28F3N3O. The molecule has 0 radical (unpaired) electrons. The number of nitrogens with zero attached hydrogens (tertiary/aromatic N) is 1. The van der Waals surface area contributed by atoms with Gasteiger partial charge >= 0.3 is 6.18 Å². The number of hydrogen-bond donors (Lipinski definition) is 2. The van der Waals surface area contributed by atoms with Gasteiger partial charge in [0.2, 0.25) is 5.91 Å². The molecule has 0 saturated heterocycles. The van der Waals surface area contributed by atoms with Gasteiger partial charge in [-0.15, -0.1) is 0 Å². The largest absolute Gasteiger partial charge is 0.416 e. The van der Waals surface area contributed by atoms with Crippen molar-refractivity contribution in [2.75, 3.05) is 23.0 Å². The third-order valence-corrected chi connectivity index (χ3v) is 4.71. The molecule has 7 heteroatoms. The number of nitrogen functional groups attached to an aromatic ring is 1. The van der Waals surface area contributed by atoms with Crippen molar-refractivity contribution in [1.82, 2.24) is 0 Å². The highest BCUT2D eigenvalue weighted by atomic mass is 19.4. The van der Waals surface area contributed by atoms with Gasteiger partial charge < -0.3 is 16.0 Å². The molecule has 4 nitrogen and oxygen atoms in total. The molecule has 0 unspecified atom stereocenters. The van der Waals surface area contributed by atoms with Crippen molar-refractivity contribution >= 4 is 23.0 Å². The highest BCUT2D eigenvalue weighted by Crippen LogP contribution is 2.30. The molecule has 2 aromatic carbocycles. The molecule has 0 aliphatic carbocycles. The standard InChI is InChI=1S/C22H28F3N3O/c1-3-4-5-6-7-21(29)27-20-13-12-18(14-19(20)26)28(2)15-16-8-10-17(11-9-16)22(23,24)25/h8-14H,3-7,15,26H2,1-2H3,(H,27,29). The third kappa shape index (κ3) is 7.00. The zero-order valence-corrected chi connectivity index (χ0v) is 16.9. The summed E-state index contributed by atoms with van der Waals surface area (Å²) in [6.45, 7) is 2.55. The first-order chi connectivity index (χ1) is 13.7. The summed E-state index contributed by atoms with van der Waals surface area (Å²) in [5.41, 5.74) is 7.99. The number of halogens is 3. The summed E-state index contributed by atoms with van der Waals surface area (Å²) >= 11 is 0. The van der Waals surface area contributed by atoms with Crippen LogP contribution in [-0.2, 0) is 17.5 Å². The maximum Gasteiger partial charge on any atom is 0.416 e. The number of amides is 1. The number of carbonyl (C=O) groups excluding carboxylic acids is 1. The number of anilines is 3. The summed E-state index contributed by atoms with van der Waals surface area (Å²) in [5, 5.41) is 2.83. The minimum Gasteiger partial charge on any atom is -0.397 e. The molecule has 2 rings (SSSR count). The Morgan fingerprint density at radius 3 is 2.34 bits per heavy atom. The highest BCUT2D eigenvalue weighted by Gasteiger charge is 2.29. The van der Waals surface area contributed by atoms with Gasteiger partial charge in [-0.25, -0.2) is 0 Å². The first-order valence-corrected chi connectivity index (χ1v) is 9.77. The SMILES string of the molecule is CCCCCCC(=O)Nc1ccc(N(C)Cc2ccc(C(F)(F)F)cc2)cc1N. The number of nitrogens with two attached hydrogens (primary N) is 1. The first-order valence-electron chi connectivity index (χ1n) is 9.77. The lowest BCUT2D eigenvalue weighted by atomic mass is 10.1. The maximum atomic E-state index is 12.7. The van der Waals surface area contributed by atoms with E-state index in [-0.39, 0.29) is 5.91 Å². The molecule has 0 saturated carbocycles. The Labute approximate surface area is 169 Å². The van der Waals surface area contributed by atoms with Crippen molar-refractivity contribution in [3.05, 3.63) is 53.6 Å². The molecule has 0 atom stereocenters. The number of rotatable bonds is 9. The second-order valence-corrected chi connectivity index (χ2v) is 7.18. The van der Waals surface area contributed by atoms with Crippen molar-refractivity contribution in [3.63, 3.8) is 0 Å². The van der Waals surface area contributed by atoms with Crippen LogP contribution < -0.4 is 16.0 Å². The van der Waals surface area contributed by atoms with Crippen LogP contribution in [0.5, 0.6) is 0 Å². The minimum absolute atomic E-state index is 0.0568. The molecule has 2 aromatic rings. The fraction of sp³-hybridized carbons (Fsp3) is 0.409. The minimum atomic E-state index is -4.34. The summed E-state index contributed by atoms with van der Waals surface area (Å²) in [4.78, 5) is 13.9. The Kier molecular flexibility index (Phi) is 7.93. The molecule has 0 spiro atoms. The van der Waals surface area contributed by atoms with E-state index in [2.05, 4.69) is 12.2 Å². The van der Waals surface area contributed by atoms with Gasteiger partial charge in [-0.3, -0.25) is 4.79 Å². The molecule has 29 heavy (non-hydrogen) atoms. The molecule has 1 amide bonds. The summed E-state index contributed by atoms with van der Waals surface area (Å²) in [6, 6.07) is 10.4. The van der Waals surface area contributed by atoms with Gasteiger partial charge in [-0.05, 0) is 42.3 Å². The number of hydrogen-bond acceptors (Lipinski definition) is 3. The average Bonchev–Trinajstić information content (AvgIpc) is 2.66. The van der Waals surface area contributed by atoms with Crippen molar-refractivity contribution in [2.24, 2.45) is 0 Å². The normalized spacial score (nSPS) is 11.3. The van der Waals surface area contributed by atoms with E-state index >= 15 is 0 Å². The van der Waals surface area contributed by atoms with Gasteiger partial charge in [-0.2, -0.15) is 13.2 Å². The van der Waals surface area contributed by atoms with Gasteiger partial charge in [0.05, 0.1) is 16.9 Å². The molecule has 0 aliphatic heterocycles. The molecule has 0 heterocycles. The van der Waals surface area contributed by atoms with Crippen LogP contribution in [0.4, 0.5) is 30.2 Å². The number of benzene rings is 2. The van der Waals surface area contributed by atoms with E-state index in [4.69, 9.17) is 5.73 Å². The monoisotopic (exact) mass is 407 g/mol. The number of unbranched alkanes of at least 4 members (excludes halogenated alkanes) is 3. The zero-order chi connectivity index (χ0) is 21.4. The van der Waals surface area contributed by atoms with E-state index in [9.17, 15) is 18.0 Å². The average molecular weight is 407 g/mol. The van der Waals surface area contributed by atoms with Crippen LogP contribution in [0.2, 0.25) is 0 Å². The van der Waals surface area contributed by atoms with Gasteiger partial charge in [0, 0.05) is 25.7 Å². The number of nitrogens with one attached hydrogen (secondary N) is 1. The third-order valence-electron chi connectivity index (χ3n) is 4.71. The molecule has 0 bridgehead atoms. The van der Waals surface area contributed by atoms with Crippen LogP contribution in [0.15, 0.2) is 42.5 Å². The van der Waals surface area contributed by atoms with Crippen LogP contribution >= 0.6 is 0 Å². The Morgan fingerprint density at radius 1 is 1.07 bits per heavy atom. The molecule has 3 N–H and O–H groups in total. The van der Waals surface area contributed by atoms with Gasteiger partial charge in [-0.1, -0.05) is 38.3 Å². The van der Waals surface area contributed by atoms with Gasteiger partial charge in [0.25, 0.3) is 0 Å². The van der Waals surface area contributed by atoms with Crippen LogP contribution in [0.25, 0.3) is 0 Å². The lowest BCUT2D eigenvalue weighted by molar-refractivity contribution is -0.137. The van der Waals surface area contributed by atoms with Crippen molar-refractivity contribution in [3.8, 4) is 0 Å². The summed E-state index contributed by atoms with van der Waals surface area (Å²) in [7, 11) is 1.83. The predicted molar refractivity (Wildman–Crippen MR) is 112 cm³/mol. The van der Waals surface area contributed by atoms with Gasteiger partial charge in [0.1, 0.15) is 0 Å². The van der Waals surface area contributed by atoms with Gasteiger partial charge in [0.15, 0.2) is 0 Å². The Bertz CT molecular complexity index is 804. The second kappa shape index (κ2) is 10.2. The quantitative estimate of drug-likeness (QED) is 0.406. The second-order valence-electron chi connectivity index (χ2n) is 7.18. The molecule has 0 aliphatic rings. The molecule has 0 fully saturated rings. The topological polar surface area (TPSA) is 58.4 Å². The smallest absolute Gasteiger partial charge is 0.397 e. The van der Waals surface area contributed by atoms with Crippen molar-refractivity contribution in [1.29, 1.82) is 0 Å². The summed E-state index contributed by atoms with van der Waals surface area (Å²) in [5.74, 6) is -0.0568. The zero-order valence-electron chi connectivity index (χ0n) is 16.9. The van der Waals surface area contributed by atoms with E-state index in [1.165, 1.54) is 12.1 Å². The first kappa shape index (κ1) is 22.6. The molecule has 158 valence electrons. The van der Waals surface area contributed by atoms with E-state index in [0.717, 1.165) is 49.1 Å². The van der Waals surface area contributed by atoms with E-state index < -0.39 is 11.7 Å². The van der Waals surface area contributed by atoms with Crippen LogP contribution in [0.3, 0.4) is 0 Å². The van der Waals surface area contributed by atoms with Crippen LogP contribution in [0, 0.1) is 0 Å². The lowest BCUT2D eigenvalue weighted by Gasteiger charge is -2.21. The van der Waals surface area contributed by atoms with Crippen molar-refractivity contribution < 1.29 is 18.0 Å². The van der Waals surface area contributed by atoms with E-state index in [0.29, 0.717) is 24.3 Å². The Morgan fingerprint density at radius 2 is 1.76 bits per heavy atom. The predicted octanol–water partition coefficient (Wildman–Crippen LogP) is 5.83. The van der Waals surface area contributed by atoms with E-state index in [1.807, 2.05) is 18.0 Å². The molecule has 0 aromatic heterocycles. The van der Waals surface area contributed by atoms with Crippen molar-refractivity contribution in [2.45, 2.75) is 51.7 Å². The number of alkyl halides is 3. The van der Waals surface area contributed by atoms with E-state index in [1.54, 1.807) is 12.1 Å². The van der Waals surface area contributed by atoms with Crippen LogP contribution in [0.1, 0.15) is 50.2 Å². The Hall–Kier alpha value is -2.70. The molecular weight excluding hydrogens is 379 g/mol. The fourth-order valence-corrected chi connectivity index (χ4v) is 2.99. The summed E-state index contributed by atoms with van der Waals surface area (Å²) in [6.07, 6.45) is 0.260. The van der Waals surface area contributed by atoms with Crippen LogP contribution in [-0.4, -0.2) is 13.0 Å². The highest BCUT2D eigenvalue weighted by molar-refractivity contribution is 5.94. The maximum absolute atomic E-state index is 12.7. The number of carbonyl (C=O) groups is 1. The lowest BCUT2D eigenvalue weighted by Crippen LogP contribution is -2.17.